The molecule has 1 aliphatic rings. The van der Waals surface area contributed by atoms with E-state index in [0.29, 0.717) is 6.04 Å². The molecular weight excluding hydrogens is 378 g/mol. The van der Waals surface area contributed by atoms with Gasteiger partial charge in [0.25, 0.3) is 5.56 Å². The maximum Gasteiger partial charge on any atom is 0.250 e. The van der Waals surface area contributed by atoms with Crippen LogP contribution in [0.15, 0.2) is 52.3 Å². The lowest BCUT2D eigenvalue weighted by Crippen LogP contribution is -2.44. The largest absolute Gasteiger partial charge is 0.495 e. The molecule has 7 heteroatoms. The first kappa shape index (κ1) is 21.7. The van der Waals surface area contributed by atoms with Gasteiger partial charge in [-0.15, -0.1) is 0 Å². The van der Waals surface area contributed by atoms with Crippen LogP contribution < -0.4 is 25.8 Å². The van der Waals surface area contributed by atoms with Crippen LogP contribution in [0.3, 0.4) is 0 Å². The van der Waals surface area contributed by atoms with Crippen molar-refractivity contribution in [3.8, 4) is 5.75 Å². The molecule has 0 bridgehead atoms. The highest BCUT2D eigenvalue weighted by atomic mass is 16.5. The number of unbranched alkanes of at least 4 members (excludes halogenated alkanes) is 1. The summed E-state index contributed by atoms with van der Waals surface area (Å²) < 4.78 is 7.33. The van der Waals surface area contributed by atoms with Gasteiger partial charge in [-0.2, -0.15) is 0 Å². The zero-order valence-electron chi connectivity index (χ0n) is 18.2. The zero-order valence-corrected chi connectivity index (χ0v) is 18.2. The van der Waals surface area contributed by atoms with E-state index in [1.165, 1.54) is 0 Å². The number of hydrogen-bond acceptors (Lipinski definition) is 4. The predicted octanol–water partition coefficient (Wildman–Crippen LogP) is 2.39. The molecule has 0 spiro atoms. The van der Waals surface area contributed by atoms with Crippen LogP contribution in [-0.2, 0) is 6.54 Å². The second kappa shape index (κ2) is 10.7. The van der Waals surface area contributed by atoms with Gasteiger partial charge in [0.1, 0.15) is 5.75 Å². The van der Waals surface area contributed by atoms with E-state index in [9.17, 15) is 4.79 Å². The first-order valence-electron chi connectivity index (χ1n) is 10.6. The molecule has 162 valence electrons. The highest BCUT2D eigenvalue weighted by Gasteiger charge is 2.25. The molecule has 0 radical (unpaired) electrons. The number of methoxy groups -OCH3 is 1. The number of aromatic nitrogens is 1. The molecule has 30 heavy (non-hydrogen) atoms. The minimum Gasteiger partial charge on any atom is -0.495 e. The lowest BCUT2D eigenvalue weighted by Gasteiger charge is -2.22. The number of nitrogens with one attached hydrogen (secondary N) is 2. The fourth-order valence-corrected chi connectivity index (χ4v) is 3.89. The van der Waals surface area contributed by atoms with Gasteiger partial charge >= 0.3 is 0 Å². The molecule has 1 fully saturated rings. The van der Waals surface area contributed by atoms with E-state index in [4.69, 9.17) is 4.74 Å². The molecule has 0 amide bonds. The molecule has 2 N–H and O–H groups in total. The number of guanidine groups is 1. The molecule has 1 atom stereocenters. The number of benzene rings is 1. The average Bonchev–Trinajstić information content (AvgIpc) is 3.22. The van der Waals surface area contributed by atoms with E-state index < -0.39 is 0 Å². The molecule has 1 aromatic heterocycles. The Morgan fingerprint density at radius 3 is 2.80 bits per heavy atom. The van der Waals surface area contributed by atoms with Gasteiger partial charge in [0.05, 0.1) is 12.8 Å². The van der Waals surface area contributed by atoms with Crippen molar-refractivity contribution in [2.75, 3.05) is 38.7 Å². The quantitative estimate of drug-likeness (QED) is 0.397. The van der Waals surface area contributed by atoms with E-state index in [1.54, 1.807) is 20.2 Å². The van der Waals surface area contributed by atoms with Gasteiger partial charge in [0.15, 0.2) is 5.96 Å². The van der Waals surface area contributed by atoms with Crippen molar-refractivity contribution in [1.29, 1.82) is 0 Å². The molecule has 0 saturated carbocycles. The highest BCUT2D eigenvalue weighted by molar-refractivity contribution is 5.80. The molecule has 1 aromatic carbocycles. The molecule has 2 aromatic rings. The van der Waals surface area contributed by atoms with Gasteiger partial charge in [-0.05, 0) is 44.4 Å². The van der Waals surface area contributed by atoms with Gasteiger partial charge < -0.3 is 24.8 Å². The Hall–Kier alpha value is -2.96. The van der Waals surface area contributed by atoms with Crippen LogP contribution in [0.4, 0.5) is 5.69 Å². The number of para-hydroxylation sites is 2. The van der Waals surface area contributed by atoms with Crippen molar-refractivity contribution in [3.63, 3.8) is 0 Å². The first-order valence-corrected chi connectivity index (χ1v) is 10.6. The smallest absolute Gasteiger partial charge is 0.250 e. The van der Waals surface area contributed by atoms with Crippen molar-refractivity contribution < 1.29 is 4.74 Å². The van der Waals surface area contributed by atoms with Gasteiger partial charge in [0.2, 0.25) is 0 Å². The second-order valence-corrected chi connectivity index (χ2v) is 7.61. The number of ether oxygens (including phenoxy) is 1. The number of pyridine rings is 1. The molecule has 2 heterocycles. The van der Waals surface area contributed by atoms with E-state index in [-0.39, 0.29) is 5.56 Å². The summed E-state index contributed by atoms with van der Waals surface area (Å²) in [6.07, 6.45) is 2.97. The van der Waals surface area contributed by atoms with E-state index in [1.807, 2.05) is 41.8 Å². The lowest BCUT2D eigenvalue weighted by atomic mass is 10.2. The van der Waals surface area contributed by atoms with Crippen LogP contribution in [0.2, 0.25) is 0 Å². The molecule has 1 saturated heterocycles. The van der Waals surface area contributed by atoms with Gasteiger partial charge in [-0.25, -0.2) is 0 Å². The van der Waals surface area contributed by atoms with Crippen LogP contribution in [0, 0.1) is 6.92 Å². The van der Waals surface area contributed by atoms with Crippen molar-refractivity contribution in [2.45, 2.75) is 38.8 Å². The Labute approximate surface area is 178 Å². The Kier molecular flexibility index (Phi) is 7.76. The Morgan fingerprint density at radius 2 is 2.03 bits per heavy atom. The third-order valence-electron chi connectivity index (χ3n) is 5.55. The lowest BCUT2D eigenvalue weighted by molar-refractivity contribution is 0.415. The summed E-state index contributed by atoms with van der Waals surface area (Å²) in [7, 11) is 3.51. The van der Waals surface area contributed by atoms with Crippen LogP contribution in [-0.4, -0.2) is 50.4 Å². The van der Waals surface area contributed by atoms with Gasteiger partial charge in [0, 0.05) is 51.0 Å². The predicted molar refractivity (Wildman–Crippen MR) is 123 cm³/mol. The van der Waals surface area contributed by atoms with Crippen molar-refractivity contribution >= 4 is 11.6 Å². The normalized spacial score (nSPS) is 16.6. The number of anilines is 1. The summed E-state index contributed by atoms with van der Waals surface area (Å²) in [4.78, 5) is 18.6. The maximum atomic E-state index is 11.9. The summed E-state index contributed by atoms with van der Waals surface area (Å²) >= 11 is 0. The molecular formula is C23H33N5O2. The molecule has 1 unspecified atom stereocenters. The number of hydrogen-bond donors (Lipinski definition) is 2. The first-order chi connectivity index (χ1) is 14.6. The average molecular weight is 412 g/mol. The number of aliphatic imine (C=N–C) groups is 1. The molecule has 3 rings (SSSR count). The standard InChI is InChI=1S/C23H33N5O2/c1-18-9-8-12-22(29)28(18)15-7-6-14-25-23(24-2)26-19-13-16-27(17-19)20-10-4-5-11-21(20)30-3/h4-5,8-12,19H,6-7,13-17H2,1-3H3,(H2,24,25,26). The summed E-state index contributed by atoms with van der Waals surface area (Å²) in [5.41, 5.74) is 2.22. The Morgan fingerprint density at radius 1 is 1.20 bits per heavy atom. The Balaban J connectivity index is 1.41. The number of rotatable bonds is 8. The second-order valence-electron chi connectivity index (χ2n) is 7.61. The van der Waals surface area contributed by atoms with Gasteiger partial charge in [-0.1, -0.05) is 18.2 Å². The van der Waals surface area contributed by atoms with Crippen LogP contribution >= 0.6 is 0 Å². The van der Waals surface area contributed by atoms with Crippen molar-refractivity contribution in [1.82, 2.24) is 15.2 Å². The SMILES string of the molecule is CN=C(NCCCCn1c(C)cccc1=O)NC1CCN(c2ccccc2OC)C1. The molecule has 0 aliphatic carbocycles. The monoisotopic (exact) mass is 411 g/mol. The molecule has 7 nitrogen and oxygen atoms in total. The summed E-state index contributed by atoms with van der Waals surface area (Å²) in [5, 5.41) is 6.93. The summed E-state index contributed by atoms with van der Waals surface area (Å²) in [6.45, 7) is 5.44. The Bertz CT molecular complexity index is 908. The third-order valence-corrected chi connectivity index (χ3v) is 5.55. The van der Waals surface area contributed by atoms with Crippen molar-refractivity contribution in [3.05, 3.63) is 58.5 Å². The summed E-state index contributed by atoms with van der Waals surface area (Å²) in [5.74, 6) is 1.74. The zero-order chi connectivity index (χ0) is 21.3. The fourth-order valence-electron chi connectivity index (χ4n) is 3.89. The summed E-state index contributed by atoms with van der Waals surface area (Å²) in [6, 6.07) is 13.9. The minimum absolute atomic E-state index is 0.0706. The van der Waals surface area contributed by atoms with Crippen LogP contribution in [0.25, 0.3) is 0 Å². The maximum absolute atomic E-state index is 11.9. The number of aryl methyl sites for hydroxylation is 1. The topological polar surface area (TPSA) is 70.9 Å². The fraction of sp³-hybridized carbons (Fsp3) is 0.478. The number of nitrogens with zero attached hydrogens (tertiary/aromatic N) is 3. The molecule has 1 aliphatic heterocycles. The minimum atomic E-state index is 0.0706. The van der Waals surface area contributed by atoms with Crippen molar-refractivity contribution in [2.24, 2.45) is 4.99 Å². The van der Waals surface area contributed by atoms with Crippen LogP contribution in [0.1, 0.15) is 25.0 Å². The van der Waals surface area contributed by atoms with E-state index >= 15 is 0 Å². The van der Waals surface area contributed by atoms with E-state index in [2.05, 4.69) is 26.6 Å². The van der Waals surface area contributed by atoms with E-state index in [0.717, 1.165) is 68.5 Å². The third kappa shape index (κ3) is 5.55. The van der Waals surface area contributed by atoms with Gasteiger partial charge in [-0.3, -0.25) is 9.79 Å². The highest BCUT2D eigenvalue weighted by Crippen LogP contribution is 2.30. The van der Waals surface area contributed by atoms with Crippen LogP contribution in [0.5, 0.6) is 5.75 Å².